The number of hydrogen-bond acceptors (Lipinski definition) is 3. The second-order valence-electron chi connectivity index (χ2n) is 5.25. The number of carbonyl (C=O) groups is 1. The Hall–Kier alpha value is -1.08. The van der Waals surface area contributed by atoms with Gasteiger partial charge in [0.2, 0.25) is 5.91 Å². The van der Waals surface area contributed by atoms with Gasteiger partial charge in [0.15, 0.2) is 0 Å². The molecule has 18 heavy (non-hydrogen) atoms. The van der Waals surface area contributed by atoms with Crippen LogP contribution in [-0.4, -0.2) is 25.5 Å². The SMILES string of the molecule is CC(CC(=O)NCCCCC#N)C1CCCNC1. The van der Waals surface area contributed by atoms with Gasteiger partial charge >= 0.3 is 0 Å². The Kier molecular flexibility index (Phi) is 7.43. The molecule has 0 spiro atoms. The fourth-order valence-electron chi connectivity index (χ4n) is 2.45. The summed E-state index contributed by atoms with van der Waals surface area (Å²) in [5.41, 5.74) is 0. The number of hydrogen-bond donors (Lipinski definition) is 2. The topological polar surface area (TPSA) is 64.9 Å². The monoisotopic (exact) mass is 251 g/mol. The van der Waals surface area contributed by atoms with Crippen molar-refractivity contribution >= 4 is 5.91 Å². The lowest BCUT2D eigenvalue weighted by Crippen LogP contribution is -2.35. The molecule has 1 heterocycles. The first-order valence-electron chi connectivity index (χ1n) is 7.08. The molecule has 0 bridgehead atoms. The maximum atomic E-state index is 11.7. The molecule has 4 nitrogen and oxygen atoms in total. The lowest BCUT2D eigenvalue weighted by Gasteiger charge is -2.28. The van der Waals surface area contributed by atoms with Crippen molar-refractivity contribution < 1.29 is 4.79 Å². The van der Waals surface area contributed by atoms with Crippen LogP contribution in [0, 0.1) is 23.2 Å². The van der Waals surface area contributed by atoms with Crippen molar-refractivity contribution in [2.45, 2.75) is 45.4 Å². The van der Waals surface area contributed by atoms with Crippen molar-refractivity contribution in [3.63, 3.8) is 0 Å². The van der Waals surface area contributed by atoms with Crippen molar-refractivity contribution in [2.75, 3.05) is 19.6 Å². The number of nitrogens with one attached hydrogen (secondary N) is 2. The standard InChI is InChI=1S/C14H25N3O/c1-12(13-6-5-8-16-11-13)10-14(18)17-9-4-2-3-7-15/h12-13,16H,2-6,8-11H2,1H3,(H,17,18). The summed E-state index contributed by atoms with van der Waals surface area (Å²) in [7, 11) is 0. The molecule has 102 valence electrons. The quantitative estimate of drug-likeness (QED) is 0.678. The molecule has 0 aromatic heterocycles. The van der Waals surface area contributed by atoms with E-state index < -0.39 is 0 Å². The molecule has 1 aliphatic rings. The fraction of sp³-hybridized carbons (Fsp3) is 0.857. The Morgan fingerprint density at radius 2 is 2.39 bits per heavy atom. The Labute approximate surface area is 110 Å². The Bertz CT molecular complexity index is 279. The third-order valence-corrected chi connectivity index (χ3v) is 3.68. The molecule has 1 amide bonds. The number of unbranched alkanes of at least 4 members (excludes halogenated alkanes) is 2. The lowest BCUT2D eigenvalue weighted by atomic mass is 9.85. The number of amides is 1. The number of piperidine rings is 1. The summed E-state index contributed by atoms with van der Waals surface area (Å²) in [5.74, 6) is 1.25. The Balaban J connectivity index is 2.09. The van der Waals surface area contributed by atoms with Crippen molar-refractivity contribution in [3.05, 3.63) is 0 Å². The van der Waals surface area contributed by atoms with E-state index in [1.807, 2.05) is 0 Å². The molecule has 0 aliphatic carbocycles. The summed E-state index contributed by atoms with van der Waals surface area (Å²) in [6.07, 6.45) is 5.45. The van der Waals surface area contributed by atoms with Crippen LogP contribution in [0.5, 0.6) is 0 Å². The summed E-state index contributed by atoms with van der Waals surface area (Å²) >= 11 is 0. The van der Waals surface area contributed by atoms with E-state index in [1.54, 1.807) is 0 Å². The van der Waals surface area contributed by atoms with Gasteiger partial charge in [-0.05, 0) is 50.6 Å². The first-order valence-corrected chi connectivity index (χ1v) is 7.08. The summed E-state index contributed by atoms with van der Waals surface area (Å²) in [4.78, 5) is 11.7. The molecule has 1 rings (SSSR count). The van der Waals surface area contributed by atoms with Gasteiger partial charge in [-0.2, -0.15) is 5.26 Å². The summed E-state index contributed by atoms with van der Waals surface area (Å²) in [6.45, 7) is 5.05. The summed E-state index contributed by atoms with van der Waals surface area (Å²) < 4.78 is 0. The predicted octanol–water partition coefficient (Wildman–Crippen LogP) is 1.82. The van der Waals surface area contributed by atoms with Crippen molar-refractivity contribution in [1.82, 2.24) is 10.6 Å². The molecular formula is C14H25N3O. The highest BCUT2D eigenvalue weighted by atomic mass is 16.1. The van der Waals surface area contributed by atoms with E-state index in [-0.39, 0.29) is 5.91 Å². The first kappa shape index (κ1) is 15.0. The number of rotatable bonds is 7. The molecule has 2 N–H and O–H groups in total. The van der Waals surface area contributed by atoms with Gasteiger partial charge in [-0.1, -0.05) is 6.92 Å². The maximum absolute atomic E-state index is 11.7. The van der Waals surface area contributed by atoms with Crippen LogP contribution < -0.4 is 10.6 Å². The van der Waals surface area contributed by atoms with Crippen LogP contribution in [-0.2, 0) is 4.79 Å². The summed E-state index contributed by atoms with van der Waals surface area (Å²) in [6, 6.07) is 2.11. The van der Waals surface area contributed by atoms with Crippen molar-refractivity contribution in [2.24, 2.45) is 11.8 Å². The normalized spacial score (nSPS) is 21.0. The summed E-state index contributed by atoms with van der Waals surface area (Å²) in [5, 5.41) is 14.7. The van der Waals surface area contributed by atoms with Crippen LogP contribution in [0.2, 0.25) is 0 Å². The fourth-order valence-corrected chi connectivity index (χ4v) is 2.45. The van der Waals surface area contributed by atoms with E-state index in [1.165, 1.54) is 12.8 Å². The van der Waals surface area contributed by atoms with Crippen LogP contribution in [0.15, 0.2) is 0 Å². The van der Waals surface area contributed by atoms with E-state index in [9.17, 15) is 4.79 Å². The van der Waals surface area contributed by atoms with E-state index >= 15 is 0 Å². The van der Waals surface area contributed by atoms with E-state index in [2.05, 4.69) is 23.6 Å². The average molecular weight is 251 g/mol. The molecule has 1 fully saturated rings. The van der Waals surface area contributed by atoms with Gasteiger partial charge in [0.25, 0.3) is 0 Å². The van der Waals surface area contributed by atoms with E-state index in [4.69, 9.17) is 5.26 Å². The number of carbonyl (C=O) groups excluding carboxylic acids is 1. The highest BCUT2D eigenvalue weighted by Gasteiger charge is 2.21. The molecule has 1 aliphatic heterocycles. The Morgan fingerprint density at radius 1 is 1.56 bits per heavy atom. The van der Waals surface area contributed by atoms with Crippen LogP contribution >= 0.6 is 0 Å². The van der Waals surface area contributed by atoms with Crippen LogP contribution in [0.1, 0.15) is 45.4 Å². The third-order valence-electron chi connectivity index (χ3n) is 3.68. The zero-order valence-corrected chi connectivity index (χ0v) is 11.4. The third kappa shape index (κ3) is 6.02. The molecule has 1 saturated heterocycles. The van der Waals surface area contributed by atoms with Crippen molar-refractivity contribution in [3.8, 4) is 6.07 Å². The van der Waals surface area contributed by atoms with Crippen molar-refractivity contribution in [1.29, 1.82) is 5.26 Å². The second-order valence-corrected chi connectivity index (χ2v) is 5.25. The maximum Gasteiger partial charge on any atom is 0.220 e. The minimum atomic E-state index is 0.157. The molecular weight excluding hydrogens is 226 g/mol. The van der Waals surface area contributed by atoms with Crippen LogP contribution in [0.4, 0.5) is 0 Å². The molecule has 0 saturated carbocycles. The molecule has 0 aromatic carbocycles. The lowest BCUT2D eigenvalue weighted by molar-refractivity contribution is -0.122. The van der Waals surface area contributed by atoms with Gasteiger partial charge in [-0.15, -0.1) is 0 Å². The smallest absolute Gasteiger partial charge is 0.220 e. The van der Waals surface area contributed by atoms with Gasteiger partial charge in [0, 0.05) is 19.4 Å². The highest BCUT2D eigenvalue weighted by Crippen LogP contribution is 2.22. The molecule has 0 aromatic rings. The van der Waals surface area contributed by atoms with Gasteiger partial charge < -0.3 is 10.6 Å². The first-order chi connectivity index (χ1) is 8.74. The van der Waals surface area contributed by atoms with Gasteiger partial charge in [0.1, 0.15) is 0 Å². The zero-order valence-electron chi connectivity index (χ0n) is 11.4. The number of nitriles is 1. The molecule has 0 radical (unpaired) electrons. The predicted molar refractivity (Wildman–Crippen MR) is 71.8 cm³/mol. The molecule has 4 heteroatoms. The second kappa shape index (κ2) is 8.93. The van der Waals surface area contributed by atoms with E-state index in [0.29, 0.717) is 31.2 Å². The molecule has 2 atom stereocenters. The average Bonchev–Trinajstić information content (AvgIpc) is 2.39. The van der Waals surface area contributed by atoms with E-state index in [0.717, 1.165) is 25.9 Å². The zero-order chi connectivity index (χ0) is 13.2. The highest BCUT2D eigenvalue weighted by molar-refractivity contribution is 5.76. The largest absolute Gasteiger partial charge is 0.356 e. The van der Waals surface area contributed by atoms with Crippen LogP contribution in [0.3, 0.4) is 0 Å². The minimum Gasteiger partial charge on any atom is -0.356 e. The van der Waals surface area contributed by atoms with Crippen LogP contribution in [0.25, 0.3) is 0 Å². The van der Waals surface area contributed by atoms with Gasteiger partial charge in [-0.25, -0.2) is 0 Å². The van der Waals surface area contributed by atoms with Gasteiger partial charge in [0.05, 0.1) is 6.07 Å². The number of nitrogens with zero attached hydrogens (tertiary/aromatic N) is 1. The molecule has 2 unspecified atom stereocenters. The Morgan fingerprint density at radius 3 is 3.06 bits per heavy atom. The minimum absolute atomic E-state index is 0.157. The van der Waals surface area contributed by atoms with Gasteiger partial charge in [-0.3, -0.25) is 4.79 Å².